The first kappa shape index (κ1) is 16.8. The normalized spacial score (nSPS) is 23.9. The van der Waals surface area contributed by atoms with E-state index in [1.165, 1.54) is 10.6 Å². The first-order valence-corrected chi connectivity index (χ1v) is 10.1. The summed E-state index contributed by atoms with van der Waals surface area (Å²) in [6.07, 6.45) is 4.36. The monoisotopic (exact) mass is 402 g/mol. The second-order valence-electron chi connectivity index (χ2n) is 5.90. The third-order valence-corrected chi connectivity index (χ3v) is 6.08. The van der Waals surface area contributed by atoms with Crippen LogP contribution < -0.4 is 5.32 Å². The van der Waals surface area contributed by atoms with Gasteiger partial charge < -0.3 is 5.32 Å². The summed E-state index contributed by atoms with van der Waals surface area (Å²) in [7, 11) is -3.16. The van der Waals surface area contributed by atoms with Gasteiger partial charge in [0.2, 0.25) is 15.9 Å². The third-order valence-electron chi connectivity index (χ3n) is 4.35. The number of carbonyl (C=O) groups excluding carboxylic acids is 1. The lowest BCUT2D eigenvalue weighted by molar-refractivity contribution is -0.121. The zero-order valence-corrected chi connectivity index (χ0v) is 15.2. The summed E-state index contributed by atoms with van der Waals surface area (Å²) < 4.78 is 25.5. The molecule has 0 radical (unpaired) electrons. The number of sulfonamides is 1. The van der Waals surface area contributed by atoms with Crippen LogP contribution in [-0.2, 0) is 21.2 Å². The average Bonchev–Trinajstić information content (AvgIpc) is 2.65. The molecule has 3 heterocycles. The van der Waals surface area contributed by atoms with E-state index in [4.69, 9.17) is 0 Å². The molecule has 0 saturated carbocycles. The highest BCUT2D eigenvalue weighted by molar-refractivity contribution is 9.10. The molecule has 0 aromatic carbocycles. The molecule has 0 aliphatic carbocycles. The molecule has 0 bridgehead atoms. The number of halogens is 1. The van der Waals surface area contributed by atoms with E-state index < -0.39 is 10.0 Å². The number of rotatable bonds is 2. The molecule has 1 N–H and O–H groups in total. The Kier molecular flexibility index (Phi) is 4.73. The fourth-order valence-electron chi connectivity index (χ4n) is 3.10. The zero-order chi connectivity index (χ0) is 16.6. The molecule has 9 heteroatoms. The Bertz CT molecular complexity index is 717. The average molecular weight is 403 g/mol. The van der Waals surface area contributed by atoms with Crippen LogP contribution in [0.25, 0.3) is 0 Å². The molecule has 1 amide bonds. The van der Waals surface area contributed by atoms with Gasteiger partial charge in [-0.15, -0.1) is 0 Å². The molecule has 1 saturated heterocycles. The molecule has 23 heavy (non-hydrogen) atoms. The molecule has 2 aliphatic rings. The summed E-state index contributed by atoms with van der Waals surface area (Å²) in [6.45, 7) is 2.00. The van der Waals surface area contributed by atoms with E-state index in [1.807, 2.05) is 6.07 Å². The van der Waals surface area contributed by atoms with Crippen molar-refractivity contribution in [1.82, 2.24) is 14.2 Å². The Morgan fingerprint density at radius 3 is 2.65 bits per heavy atom. The predicted molar refractivity (Wildman–Crippen MR) is 90.7 cm³/mol. The largest absolute Gasteiger partial charge is 0.309 e. The van der Waals surface area contributed by atoms with Gasteiger partial charge in [-0.2, -0.15) is 4.31 Å². The maximum atomic E-state index is 12.5. The minimum atomic E-state index is -3.16. The van der Waals surface area contributed by atoms with E-state index in [9.17, 15) is 13.2 Å². The second-order valence-corrected chi connectivity index (χ2v) is 8.80. The standard InChI is InChI=1S/C14H19BrN4O3S/c1-23(21,22)19-6-4-18(5-7-19)12-3-2-10-8-11(15)9-16-13(10)17-14(12)20/h8-9,12H,2-7H2,1H3,(H,16,17,20). The quantitative estimate of drug-likeness (QED) is 0.785. The summed E-state index contributed by atoms with van der Waals surface area (Å²) in [5.74, 6) is 0.557. The van der Waals surface area contributed by atoms with Crippen molar-refractivity contribution in [2.45, 2.75) is 18.9 Å². The van der Waals surface area contributed by atoms with Gasteiger partial charge in [0.25, 0.3) is 0 Å². The highest BCUT2D eigenvalue weighted by Crippen LogP contribution is 2.25. The number of amides is 1. The van der Waals surface area contributed by atoms with Crippen molar-refractivity contribution in [3.63, 3.8) is 0 Å². The minimum Gasteiger partial charge on any atom is -0.309 e. The maximum absolute atomic E-state index is 12.5. The van der Waals surface area contributed by atoms with Gasteiger partial charge in [0, 0.05) is 36.8 Å². The molecule has 2 aliphatic heterocycles. The Morgan fingerprint density at radius 2 is 2.00 bits per heavy atom. The molecule has 1 fully saturated rings. The number of carbonyl (C=O) groups is 1. The van der Waals surface area contributed by atoms with Gasteiger partial charge in [-0.1, -0.05) is 0 Å². The molecular weight excluding hydrogens is 384 g/mol. The van der Waals surface area contributed by atoms with Crippen LogP contribution in [0.4, 0.5) is 5.82 Å². The van der Waals surface area contributed by atoms with Gasteiger partial charge >= 0.3 is 0 Å². The Hall–Kier alpha value is -1.03. The van der Waals surface area contributed by atoms with Crippen molar-refractivity contribution in [3.8, 4) is 0 Å². The Labute approximate surface area is 144 Å². The Morgan fingerprint density at radius 1 is 1.30 bits per heavy atom. The number of nitrogens with one attached hydrogen (secondary N) is 1. The van der Waals surface area contributed by atoms with E-state index >= 15 is 0 Å². The summed E-state index contributed by atoms with van der Waals surface area (Å²) in [6, 6.07) is 1.73. The number of anilines is 1. The van der Waals surface area contributed by atoms with Crippen LogP contribution in [0.3, 0.4) is 0 Å². The summed E-state index contributed by atoms with van der Waals surface area (Å²) in [5.41, 5.74) is 1.02. The number of nitrogens with zero attached hydrogens (tertiary/aromatic N) is 3. The van der Waals surface area contributed by atoms with Gasteiger partial charge in [0.05, 0.1) is 12.3 Å². The van der Waals surface area contributed by atoms with Crippen molar-refractivity contribution in [3.05, 3.63) is 22.3 Å². The van der Waals surface area contributed by atoms with Gasteiger partial charge in [-0.05, 0) is 40.4 Å². The van der Waals surface area contributed by atoms with Crippen molar-refractivity contribution in [2.75, 3.05) is 37.8 Å². The fraction of sp³-hybridized carbons (Fsp3) is 0.571. The highest BCUT2D eigenvalue weighted by Gasteiger charge is 2.33. The lowest BCUT2D eigenvalue weighted by atomic mass is 10.1. The van der Waals surface area contributed by atoms with E-state index in [-0.39, 0.29) is 11.9 Å². The molecular formula is C14H19BrN4O3S. The first-order valence-electron chi connectivity index (χ1n) is 7.49. The Balaban J connectivity index is 1.70. The molecule has 1 aromatic heterocycles. The minimum absolute atomic E-state index is 0.0635. The van der Waals surface area contributed by atoms with Crippen molar-refractivity contribution in [2.24, 2.45) is 0 Å². The molecule has 1 atom stereocenters. The summed E-state index contributed by atoms with van der Waals surface area (Å²) >= 11 is 3.40. The van der Waals surface area contributed by atoms with E-state index in [0.29, 0.717) is 38.4 Å². The number of hydrogen-bond acceptors (Lipinski definition) is 5. The third kappa shape index (κ3) is 3.73. The van der Waals surface area contributed by atoms with Crippen molar-refractivity contribution >= 4 is 37.7 Å². The van der Waals surface area contributed by atoms with Crippen LogP contribution in [-0.4, -0.2) is 67.0 Å². The molecule has 1 aromatic rings. The lowest BCUT2D eigenvalue weighted by Gasteiger charge is -2.37. The molecule has 1 unspecified atom stereocenters. The lowest BCUT2D eigenvalue weighted by Crippen LogP contribution is -2.54. The number of pyridine rings is 1. The van der Waals surface area contributed by atoms with Crippen LogP contribution in [0, 0.1) is 0 Å². The summed E-state index contributed by atoms with van der Waals surface area (Å²) in [4.78, 5) is 18.8. The molecule has 126 valence electrons. The first-order chi connectivity index (χ1) is 10.8. The second kappa shape index (κ2) is 6.46. The van der Waals surface area contributed by atoms with Crippen molar-refractivity contribution in [1.29, 1.82) is 0 Å². The van der Waals surface area contributed by atoms with E-state index in [0.717, 1.165) is 16.5 Å². The van der Waals surface area contributed by atoms with Gasteiger partial charge in [-0.25, -0.2) is 13.4 Å². The fourth-order valence-corrected chi connectivity index (χ4v) is 4.31. The molecule has 7 nitrogen and oxygen atoms in total. The van der Waals surface area contributed by atoms with Crippen LogP contribution >= 0.6 is 15.9 Å². The van der Waals surface area contributed by atoms with Crippen LogP contribution in [0.15, 0.2) is 16.7 Å². The SMILES string of the molecule is CS(=O)(=O)N1CCN(C2CCc3cc(Br)cnc3NC2=O)CC1. The number of hydrogen-bond donors (Lipinski definition) is 1. The molecule has 0 spiro atoms. The van der Waals surface area contributed by atoms with Crippen LogP contribution in [0.2, 0.25) is 0 Å². The number of aromatic nitrogens is 1. The van der Waals surface area contributed by atoms with Gasteiger partial charge in [0.1, 0.15) is 5.82 Å². The van der Waals surface area contributed by atoms with E-state index in [1.54, 1.807) is 6.20 Å². The predicted octanol–water partition coefficient (Wildman–Crippen LogP) is 0.675. The van der Waals surface area contributed by atoms with Crippen LogP contribution in [0.5, 0.6) is 0 Å². The maximum Gasteiger partial charge on any atom is 0.242 e. The number of fused-ring (bicyclic) bond motifs is 1. The number of aryl methyl sites for hydroxylation is 1. The van der Waals surface area contributed by atoms with Crippen LogP contribution in [0.1, 0.15) is 12.0 Å². The zero-order valence-electron chi connectivity index (χ0n) is 12.8. The highest BCUT2D eigenvalue weighted by atomic mass is 79.9. The topological polar surface area (TPSA) is 82.6 Å². The smallest absolute Gasteiger partial charge is 0.242 e. The van der Waals surface area contributed by atoms with E-state index in [2.05, 4.69) is 31.1 Å². The van der Waals surface area contributed by atoms with Gasteiger partial charge in [0.15, 0.2) is 0 Å². The molecule has 3 rings (SSSR count). The van der Waals surface area contributed by atoms with Crippen molar-refractivity contribution < 1.29 is 13.2 Å². The number of piperazine rings is 1. The van der Waals surface area contributed by atoms with Gasteiger partial charge in [-0.3, -0.25) is 9.69 Å². The summed E-state index contributed by atoms with van der Waals surface area (Å²) in [5, 5.41) is 2.89.